The van der Waals surface area contributed by atoms with Crippen LogP contribution in [-0.4, -0.2) is 61.9 Å². The number of fused-ring (bicyclic) bond motifs is 1. The van der Waals surface area contributed by atoms with Crippen LogP contribution in [0.25, 0.3) is 11.0 Å². The molecule has 2 aromatic rings. The molecular formula is C18H29N5O3S. The van der Waals surface area contributed by atoms with Crippen LogP contribution in [0.2, 0.25) is 0 Å². The zero-order valence-corrected chi connectivity index (χ0v) is 17.4. The van der Waals surface area contributed by atoms with E-state index in [1.54, 1.807) is 18.2 Å². The van der Waals surface area contributed by atoms with Gasteiger partial charge in [-0.05, 0) is 39.1 Å². The average molecular weight is 396 g/mol. The van der Waals surface area contributed by atoms with Gasteiger partial charge in [-0.15, -0.1) is 0 Å². The van der Waals surface area contributed by atoms with Gasteiger partial charge in [0.1, 0.15) is 5.82 Å². The number of carbonyl (C=O) groups excluding carboxylic acids is 1. The minimum absolute atomic E-state index is 0.0253. The van der Waals surface area contributed by atoms with Crippen molar-refractivity contribution in [2.24, 2.45) is 0 Å². The van der Waals surface area contributed by atoms with Gasteiger partial charge in [-0.2, -0.15) is 0 Å². The van der Waals surface area contributed by atoms with E-state index in [4.69, 9.17) is 0 Å². The molecule has 1 atom stereocenters. The molecule has 0 saturated heterocycles. The third-order valence-electron chi connectivity index (χ3n) is 4.57. The second-order valence-electron chi connectivity index (χ2n) is 6.70. The van der Waals surface area contributed by atoms with Crippen molar-refractivity contribution < 1.29 is 13.2 Å². The monoisotopic (exact) mass is 395 g/mol. The highest BCUT2D eigenvalue weighted by Crippen LogP contribution is 2.22. The second-order valence-corrected chi connectivity index (χ2v) is 8.86. The molecule has 2 N–H and O–H groups in total. The molecule has 0 aliphatic rings. The van der Waals surface area contributed by atoms with Crippen molar-refractivity contribution in [2.75, 3.05) is 27.7 Å². The summed E-state index contributed by atoms with van der Waals surface area (Å²) in [5.41, 5.74) is 1.49. The summed E-state index contributed by atoms with van der Waals surface area (Å²) in [4.78, 5) is 16.9. The van der Waals surface area contributed by atoms with Crippen molar-refractivity contribution in [3.05, 3.63) is 24.0 Å². The SMILES string of the molecule is CCn1c(CCC(=O)NCC(C)NC)nc2cc(S(=O)(=O)N(C)C)ccc21. The zero-order chi connectivity index (χ0) is 20.2. The Morgan fingerprint density at radius 1 is 1.33 bits per heavy atom. The number of hydrogen-bond donors (Lipinski definition) is 2. The molecular weight excluding hydrogens is 366 g/mol. The van der Waals surface area contributed by atoms with E-state index in [0.29, 0.717) is 31.4 Å². The van der Waals surface area contributed by atoms with Gasteiger partial charge in [-0.3, -0.25) is 4.79 Å². The molecule has 1 heterocycles. The van der Waals surface area contributed by atoms with Crippen molar-refractivity contribution in [3.8, 4) is 0 Å². The van der Waals surface area contributed by atoms with Crippen LogP contribution in [0.4, 0.5) is 0 Å². The smallest absolute Gasteiger partial charge is 0.242 e. The number of aryl methyl sites for hydroxylation is 2. The summed E-state index contributed by atoms with van der Waals surface area (Å²) in [6.07, 6.45) is 0.834. The summed E-state index contributed by atoms with van der Waals surface area (Å²) in [5.74, 6) is 0.756. The molecule has 0 aliphatic heterocycles. The van der Waals surface area contributed by atoms with Crippen molar-refractivity contribution in [1.82, 2.24) is 24.5 Å². The number of benzene rings is 1. The minimum atomic E-state index is -3.51. The van der Waals surface area contributed by atoms with Crippen molar-refractivity contribution in [3.63, 3.8) is 0 Å². The number of imidazole rings is 1. The first kappa shape index (κ1) is 21.3. The van der Waals surface area contributed by atoms with Crippen LogP contribution in [0, 0.1) is 0 Å². The standard InChI is InChI=1S/C18H29N5O3S/c1-6-23-16-8-7-14(27(25,26)22(4)5)11-15(16)21-17(23)9-10-18(24)20-12-13(2)19-3/h7-8,11,13,19H,6,9-10,12H2,1-5H3,(H,20,24). The maximum Gasteiger partial charge on any atom is 0.242 e. The lowest BCUT2D eigenvalue weighted by atomic mass is 10.2. The maximum absolute atomic E-state index is 12.3. The van der Waals surface area contributed by atoms with E-state index in [2.05, 4.69) is 15.6 Å². The Hall–Kier alpha value is -1.97. The van der Waals surface area contributed by atoms with Crippen molar-refractivity contribution >= 4 is 27.0 Å². The lowest BCUT2D eigenvalue weighted by molar-refractivity contribution is -0.121. The Bertz CT molecular complexity index is 905. The van der Waals surface area contributed by atoms with E-state index in [1.807, 2.05) is 25.5 Å². The highest BCUT2D eigenvalue weighted by Gasteiger charge is 2.19. The van der Waals surface area contributed by atoms with E-state index in [9.17, 15) is 13.2 Å². The number of likely N-dealkylation sites (N-methyl/N-ethyl adjacent to an activating group) is 1. The number of carbonyl (C=O) groups is 1. The van der Waals surface area contributed by atoms with Gasteiger partial charge in [0.15, 0.2) is 0 Å². The van der Waals surface area contributed by atoms with Gasteiger partial charge in [0, 0.05) is 46.1 Å². The Morgan fingerprint density at radius 2 is 2.04 bits per heavy atom. The Labute approximate surface area is 161 Å². The number of rotatable bonds is 9. The lowest BCUT2D eigenvalue weighted by Gasteiger charge is -2.11. The molecule has 0 fully saturated rings. The second kappa shape index (κ2) is 8.81. The van der Waals surface area contributed by atoms with E-state index in [-0.39, 0.29) is 16.8 Å². The molecule has 8 nitrogen and oxygen atoms in total. The molecule has 2 rings (SSSR count). The normalized spacial score (nSPS) is 13.3. The average Bonchev–Trinajstić information content (AvgIpc) is 3.00. The van der Waals surface area contributed by atoms with E-state index < -0.39 is 10.0 Å². The van der Waals surface area contributed by atoms with Crippen LogP contribution in [0.1, 0.15) is 26.1 Å². The molecule has 0 saturated carbocycles. The number of amides is 1. The molecule has 0 aliphatic carbocycles. The van der Waals surface area contributed by atoms with Gasteiger partial charge in [0.05, 0.1) is 15.9 Å². The van der Waals surface area contributed by atoms with E-state index in [0.717, 1.165) is 11.3 Å². The predicted octanol–water partition coefficient (Wildman–Crippen LogP) is 0.963. The number of nitrogens with zero attached hydrogens (tertiary/aromatic N) is 3. The topological polar surface area (TPSA) is 96.3 Å². The molecule has 1 unspecified atom stereocenters. The van der Waals surface area contributed by atoms with Crippen LogP contribution in [0.3, 0.4) is 0 Å². The fourth-order valence-electron chi connectivity index (χ4n) is 2.76. The summed E-state index contributed by atoms with van der Waals surface area (Å²) in [7, 11) is 1.35. The summed E-state index contributed by atoms with van der Waals surface area (Å²) in [6.45, 7) is 5.27. The van der Waals surface area contributed by atoms with E-state index in [1.165, 1.54) is 18.4 Å². The minimum Gasteiger partial charge on any atom is -0.355 e. The fourth-order valence-corrected chi connectivity index (χ4v) is 3.68. The van der Waals surface area contributed by atoms with Crippen molar-refractivity contribution in [2.45, 2.75) is 44.2 Å². The largest absolute Gasteiger partial charge is 0.355 e. The zero-order valence-electron chi connectivity index (χ0n) is 16.6. The van der Waals surface area contributed by atoms with Crippen molar-refractivity contribution in [1.29, 1.82) is 0 Å². The third-order valence-corrected chi connectivity index (χ3v) is 6.38. The van der Waals surface area contributed by atoms with Gasteiger partial charge in [0.25, 0.3) is 0 Å². The predicted molar refractivity (Wildman–Crippen MR) is 106 cm³/mol. The van der Waals surface area contributed by atoms with Crippen LogP contribution in [0.5, 0.6) is 0 Å². The first-order valence-electron chi connectivity index (χ1n) is 9.06. The number of nitrogens with one attached hydrogen (secondary N) is 2. The molecule has 1 aromatic heterocycles. The highest BCUT2D eigenvalue weighted by molar-refractivity contribution is 7.89. The Kier molecular flexibility index (Phi) is 6.96. The van der Waals surface area contributed by atoms with Crippen LogP contribution < -0.4 is 10.6 Å². The molecule has 0 bridgehead atoms. The van der Waals surface area contributed by atoms with Crippen LogP contribution in [0.15, 0.2) is 23.1 Å². The van der Waals surface area contributed by atoms with E-state index >= 15 is 0 Å². The highest BCUT2D eigenvalue weighted by atomic mass is 32.2. The van der Waals surface area contributed by atoms with Crippen LogP contribution >= 0.6 is 0 Å². The first-order valence-corrected chi connectivity index (χ1v) is 10.5. The molecule has 9 heteroatoms. The Morgan fingerprint density at radius 3 is 2.63 bits per heavy atom. The quantitative estimate of drug-likeness (QED) is 0.659. The number of aromatic nitrogens is 2. The molecule has 0 radical (unpaired) electrons. The molecule has 1 amide bonds. The number of sulfonamides is 1. The Balaban J connectivity index is 2.21. The first-order chi connectivity index (χ1) is 12.7. The summed E-state index contributed by atoms with van der Waals surface area (Å²) in [6, 6.07) is 5.18. The number of hydrogen-bond acceptors (Lipinski definition) is 5. The summed E-state index contributed by atoms with van der Waals surface area (Å²) in [5, 5.41) is 5.96. The molecule has 0 spiro atoms. The lowest BCUT2D eigenvalue weighted by Crippen LogP contribution is -2.37. The fraction of sp³-hybridized carbons (Fsp3) is 0.556. The molecule has 150 valence electrons. The van der Waals surface area contributed by atoms with Gasteiger partial charge in [0.2, 0.25) is 15.9 Å². The summed E-state index contributed by atoms with van der Waals surface area (Å²) >= 11 is 0. The maximum atomic E-state index is 12.3. The molecule has 27 heavy (non-hydrogen) atoms. The van der Waals surface area contributed by atoms with Gasteiger partial charge in [-0.25, -0.2) is 17.7 Å². The van der Waals surface area contributed by atoms with Gasteiger partial charge in [-0.1, -0.05) is 0 Å². The van der Waals surface area contributed by atoms with Gasteiger partial charge >= 0.3 is 0 Å². The molecule has 1 aromatic carbocycles. The van der Waals surface area contributed by atoms with Crippen LogP contribution in [-0.2, 0) is 27.8 Å². The third kappa shape index (κ3) is 4.85. The summed E-state index contributed by atoms with van der Waals surface area (Å²) < 4.78 is 27.9. The van der Waals surface area contributed by atoms with Gasteiger partial charge < -0.3 is 15.2 Å².